The third-order valence-electron chi connectivity index (χ3n) is 2.24. The van der Waals surface area contributed by atoms with E-state index in [0.717, 1.165) is 0 Å². The minimum absolute atomic E-state index is 0.00979. The third kappa shape index (κ3) is 2.99. The van der Waals surface area contributed by atoms with Crippen LogP contribution >= 0.6 is 0 Å². The maximum atomic E-state index is 11.4. The average Bonchev–Trinajstić information content (AvgIpc) is 2.65. The van der Waals surface area contributed by atoms with Gasteiger partial charge < -0.3 is 9.84 Å². The first-order chi connectivity index (χ1) is 7.50. The fraction of sp³-hybridized carbons (Fsp3) is 0.778. The predicted molar refractivity (Wildman–Crippen MR) is 54.7 cm³/mol. The summed E-state index contributed by atoms with van der Waals surface area (Å²) in [5, 5.41) is 20.5. The summed E-state index contributed by atoms with van der Waals surface area (Å²) in [4.78, 5) is 11.4. The number of hydrogen-bond donors (Lipinski definition) is 1. The molecule has 0 aromatic carbocycles. The molecule has 0 saturated carbocycles. The second kappa shape index (κ2) is 5.02. The topological polar surface area (TPSA) is 90.1 Å². The van der Waals surface area contributed by atoms with E-state index in [4.69, 9.17) is 4.74 Å². The van der Waals surface area contributed by atoms with Crippen molar-refractivity contribution < 1.29 is 14.6 Å². The molecule has 0 aliphatic carbocycles. The van der Waals surface area contributed by atoms with Crippen LogP contribution in [0.25, 0.3) is 0 Å². The van der Waals surface area contributed by atoms with Crippen LogP contribution in [0.5, 0.6) is 0 Å². The Morgan fingerprint density at radius 1 is 1.56 bits per heavy atom. The molecule has 1 atom stereocenters. The maximum Gasteiger partial charge on any atom is 0.378 e. The van der Waals surface area contributed by atoms with Gasteiger partial charge in [0.25, 0.3) is 5.82 Å². The molecule has 1 aromatic rings. The zero-order valence-electron chi connectivity index (χ0n) is 9.67. The van der Waals surface area contributed by atoms with Gasteiger partial charge in [-0.2, -0.15) is 0 Å². The van der Waals surface area contributed by atoms with Gasteiger partial charge in [-0.3, -0.25) is 0 Å². The summed E-state index contributed by atoms with van der Waals surface area (Å²) in [6, 6.07) is 0. The third-order valence-corrected chi connectivity index (χ3v) is 2.24. The van der Waals surface area contributed by atoms with Gasteiger partial charge in [-0.1, -0.05) is 6.92 Å². The molecule has 0 amide bonds. The summed E-state index contributed by atoms with van der Waals surface area (Å²) < 4.78 is 6.04. The first-order valence-electron chi connectivity index (χ1n) is 5.16. The molecule has 0 aliphatic heterocycles. The fourth-order valence-electron chi connectivity index (χ4n) is 1.09. The Morgan fingerprint density at radius 2 is 2.25 bits per heavy atom. The van der Waals surface area contributed by atoms with Crippen molar-refractivity contribution in [2.24, 2.45) is 0 Å². The number of esters is 1. The molecule has 0 saturated heterocycles. The van der Waals surface area contributed by atoms with E-state index < -0.39 is 11.6 Å². The Morgan fingerprint density at radius 3 is 2.81 bits per heavy atom. The second-order valence-electron chi connectivity index (χ2n) is 3.73. The van der Waals surface area contributed by atoms with E-state index in [1.165, 1.54) is 4.68 Å². The molecule has 0 spiro atoms. The number of aliphatic hydroxyl groups is 1. The molecule has 1 aromatic heterocycles. The highest BCUT2D eigenvalue weighted by molar-refractivity contribution is 5.85. The molecule has 7 nitrogen and oxygen atoms in total. The minimum atomic E-state index is -0.948. The van der Waals surface area contributed by atoms with Crippen molar-refractivity contribution in [2.45, 2.75) is 39.3 Å². The predicted octanol–water partition coefficient (Wildman–Crippen LogP) is 0.0108. The first-order valence-corrected chi connectivity index (χ1v) is 5.16. The Labute approximate surface area is 93.4 Å². The lowest BCUT2D eigenvalue weighted by molar-refractivity contribution is 0.0301. The lowest BCUT2D eigenvalue weighted by Crippen LogP contribution is -2.31. The van der Waals surface area contributed by atoms with Gasteiger partial charge in [0.1, 0.15) is 0 Å². The number of ether oxygens (including phenoxy) is 1. The van der Waals surface area contributed by atoms with Gasteiger partial charge in [0, 0.05) is 0 Å². The van der Waals surface area contributed by atoms with Crippen LogP contribution in [-0.2, 0) is 11.3 Å². The van der Waals surface area contributed by atoms with E-state index in [-0.39, 0.29) is 19.0 Å². The number of aromatic nitrogens is 4. The van der Waals surface area contributed by atoms with Crippen LogP contribution in [0.2, 0.25) is 0 Å². The maximum absolute atomic E-state index is 11.4. The van der Waals surface area contributed by atoms with Gasteiger partial charge in [0.15, 0.2) is 0 Å². The number of rotatable bonds is 5. The van der Waals surface area contributed by atoms with Crippen molar-refractivity contribution in [3.63, 3.8) is 0 Å². The molecule has 1 N–H and O–H groups in total. The lowest BCUT2D eigenvalue weighted by atomic mass is 10.0. The Hall–Kier alpha value is -1.50. The SMILES string of the molecule is CCOC(=O)c1nnnn1CC(C)(O)CC. The van der Waals surface area contributed by atoms with Crippen molar-refractivity contribution in [1.29, 1.82) is 0 Å². The highest BCUT2D eigenvalue weighted by Gasteiger charge is 2.24. The number of tetrazole rings is 1. The standard InChI is InChI=1S/C9H16N4O3/c1-4-9(3,15)6-13-7(10-11-12-13)8(14)16-5-2/h15H,4-6H2,1-3H3. The molecule has 1 rings (SSSR count). The molecule has 1 heterocycles. The largest absolute Gasteiger partial charge is 0.460 e. The fourth-order valence-corrected chi connectivity index (χ4v) is 1.09. The number of hydrogen-bond acceptors (Lipinski definition) is 6. The summed E-state index contributed by atoms with van der Waals surface area (Å²) in [7, 11) is 0. The Kier molecular flexibility index (Phi) is 3.94. The van der Waals surface area contributed by atoms with Crippen LogP contribution in [0.1, 0.15) is 37.8 Å². The Bertz CT molecular complexity index is 361. The van der Waals surface area contributed by atoms with Gasteiger partial charge in [0.05, 0.1) is 18.8 Å². The number of nitrogens with zero attached hydrogens (tertiary/aromatic N) is 4. The normalized spacial score (nSPS) is 14.5. The highest BCUT2D eigenvalue weighted by atomic mass is 16.5. The van der Waals surface area contributed by atoms with Crippen molar-refractivity contribution in [3.8, 4) is 0 Å². The second-order valence-corrected chi connectivity index (χ2v) is 3.73. The van der Waals surface area contributed by atoms with E-state index >= 15 is 0 Å². The van der Waals surface area contributed by atoms with E-state index in [0.29, 0.717) is 6.42 Å². The molecule has 0 aliphatic rings. The van der Waals surface area contributed by atoms with Crippen LogP contribution in [-0.4, -0.2) is 43.5 Å². The molecule has 0 bridgehead atoms. The van der Waals surface area contributed by atoms with Gasteiger partial charge in [-0.15, -0.1) is 5.10 Å². The quantitative estimate of drug-likeness (QED) is 0.714. The van der Waals surface area contributed by atoms with E-state index in [9.17, 15) is 9.90 Å². The van der Waals surface area contributed by atoms with Crippen LogP contribution in [0.4, 0.5) is 0 Å². The minimum Gasteiger partial charge on any atom is -0.460 e. The molecule has 16 heavy (non-hydrogen) atoms. The molecule has 1 unspecified atom stereocenters. The molecule has 0 fully saturated rings. The van der Waals surface area contributed by atoms with Crippen LogP contribution in [0.15, 0.2) is 0 Å². The first kappa shape index (κ1) is 12.6. The van der Waals surface area contributed by atoms with Crippen LogP contribution in [0.3, 0.4) is 0 Å². The Balaban J connectivity index is 2.82. The smallest absolute Gasteiger partial charge is 0.378 e. The summed E-state index contributed by atoms with van der Waals surface area (Å²) in [6.45, 7) is 5.62. The van der Waals surface area contributed by atoms with E-state index in [2.05, 4.69) is 15.5 Å². The lowest BCUT2D eigenvalue weighted by Gasteiger charge is -2.20. The highest BCUT2D eigenvalue weighted by Crippen LogP contribution is 2.11. The molecular formula is C9H16N4O3. The number of carbonyl (C=O) groups is 1. The summed E-state index contributed by atoms with van der Waals surface area (Å²) >= 11 is 0. The van der Waals surface area contributed by atoms with Crippen molar-refractivity contribution in [3.05, 3.63) is 5.82 Å². The van der Waals surface area contributed by atoms with Crippen LogP contribution in [0, 0.1) is 0 Å². The van der Waals surface area contributed by atoms with Crippen molar-refractivity contribution in [2.75, 3.05) is 6.61 Å². The molecule has 90 valence electrons. The van der Waals surface area contributed by atoms with Gasteiger partial charge in [0.2, 0.25) is 0 Å². The monoisotopic (exact) mass is 228 g/mol. The molecule has 0 radical (unpaired) electrons. The zero-order chi connectivity index (χ0) is 12.2. The molecule has 7 heteroatoms. The van der Waals surface area contributed by atoms with E-state index in [1.807, 2.05) is 6.92 Å². The number of carbonyl (C=O) groups excluding carboxylic acids is 1. The van der Waals surface area contributed by atoms with Crippen molar-refractivity contribution >= 4 is 5.97 Å². The van der Waals surface area contributed by atoms with Gasteiger partial charge >= 0.3 is 5.97 Å². The van der Waals surface area contributed by atoms with E-state index in [1.54, 1.807) is 13.8 Å². The van der Waals surface area contributed by atoms with Crippen LogP contribution < -0.4 is 0 Å². The summed E-state index contributed by atoms with van der Waals surface area (Å²) in [6.07, 6.45) is 0.537. The zero-order valence-corrected chi connectivity index (χ0v) is 9.67. The summed E-state index contributed by atoms with van der Waals surface area (Å²) in [5.74, 6) is -0.574. The molecular weight excluding hydrogens is 212 g/mol. The summed E-state index contributed by atoms with van der Waals surface area (Å²) in [5.41, 5.74) is -0.948. The van der Waals surface area contributed by atoms with Crippen molar-refractivity contribution in [1.82, 2.24) is 20.2 Å². The van der Waals surface area contributed by atoms with Gasteiger partial charge in [-0.05, 0) is 30.7 Å². The average molecular weight is 228 g/mol. The van der Waals surface area contributed by atoms with Gasteiger partial charge in [-0.25, -0.2) is 9.48 Å².